The Hall–Kier alpha value is -2.74. The molecule has 0 aliphatic heterocycles. The molecule has 1 fully saturated rings. The lowest BCUT2D eigenvalue weighted by Gasteiger charge is -2.15. The molecule has 1 aliphatic rings. The number of sulfonamides is 1. The summed E-state index contributed by atoms with van der Waals surface area (Å²) >= 11 is 0.644. The van der Waals surface area contributed by atoms with Crippen molar-refractivity contribution in [2.24, 2.45) is 5.92 Å². The van der Waals surface area contributed by atoms with Crippen molar-refractivity contribution in [1.82, 2.24) is 9.88 Å². The standard InChI is InChI=1S/C20H17F3N2O6S2/c1-30-10-12-17(11-5-3-2-4-6-11)19(12,18(26)27)25-33(28,29)16-8-7-14(32-16)13-9-15(31-24-13)20(21,22)23/h2-9,12,17,25H,10H2,1H3,(H,26,27)/t12-,17+,19+/m1/s1. The maximum absolute atomic E-state index is 13.1. The Kier molecular flexibility index (Phi) is 5.85. The second kappa shape index (κ2) is 8.24. The highest BCUT2D eigenvalue weighted by molar-refractivity contribution is 7.91. The van der Waals surface area contributed by atoms with Gasteiger partial charge in [0.05, 0.1) is 11.5 Å². The minimum absolute atomic E-state index is 0.00320. The molecule has 1 aromatic carbocycles. The number of thiophene rings is 1. The van der Waals surface area contributed by atoms with E-state index in [2.05, 4.69) is 14.4 Å². The zero-order chi connectivity index (χ0) is 24.0. The fourth-order valence-corrected chi connectivity index (χ4v) is 6.58. The molecule has 0 amide bonds. The average molecular weight is 502 g/mol. The van der Waals surface area contributed by atoms with Gasteiger partial charge < -0.3 is 14.4 Å². The number of nitrogens with one attached hydrogen (secondary N) is 1. The van der Waals surface area contributed by atoms with E-state index in [-0.39, 0.29) is 21.4 Å². The number of aliphatic carboxylic acids is 1. The molecular weight excluding hydrogens is 485 g/mol. The monoisotopic (exact) mass is 502 g/mol. The van der Waals surface area contributed by atoms with Crippen molar-refractivity contribution in [2.45, 2.75) is 21.8 Å². The number of alkyl halides is 3. The number of rotatable bonds is 8. The summed E-state index contributed by atoms with van der Waals surface area (Å²) in [6.45, 7) is 0.00320. The molecule has 2 heterocycles. The van der Waals surface area contributed by atoms with Crippen LogP contribution in [0.2, 0.25) is 0 Å². The molecule has 13 heteroatoms. The molecule has 0 radical (unpaired) electrons. The van der Waals surface area contributed by atoms with Crippen molar-refractivity contribution in [3.63, 3.8) is 0 Å². The number of aromatic nitrogens is 1. The van der Waals surface area contributed by atoms with Gasteiger partial charge in [0, 0.05) is 25.0 Å². The van der Waals surface area contributed by atoms with Gasteiger partial charge >= 0.3 is 12.1 Å². The fraction of sp³-hybridized carbons (Fsp3) is 0.300. The Labute approximate surface area is 190 Å². The van der Waals surface area contributed by atoms with Crippen molar-refractivity contribution < 1.29 is 40.8 Å². The Morgan fingerprint density at radius 2 is 1.97 bits per heavy atom. The first-order valence-corrected chi connectivity index (χ1v) is 11.8. The summed E-state index contributed by atoms with van der Waals surface area (Å²) in [6.07, 6.45) is -4.73. The lowest BCUT2D eigenvalue weighted by molar-refractivity contribution is -0.155. The quantitative estimate of drug-likeness (QED) is 0.483. The second-order valence-corrected chi connectivity index (χ2v) is 10.4. The number of carboxylic acids is 1. The molecule has 0 unspecified atom stereocenters. The topological polar surface area (TPSA) is 119 Å². The van der Waals surface area contributed by atoms with Crippen molar-refractivity contribution in [2.75, 3.05) is 13.7 Å². The van der Waals surface area contributed by atoms with Gasteiger partial charge in [0.15, 0.2) is 0 Å². The summed E-state index contributed by atoms with van der Waals surface area (Å²) < 4.78 is 75.9. The Balaban J connectivity index is 1.65. The Morgan fingerprint density at radius 1 is 1.27 bits per heavy atom. The number of benzene rings is 1. The molecule has 1 saturated carbocycles. The summed E-state index contributed by atoms with van der Waals surface area (Å²) in [5.41, 5.74) is -1.39. The van der Waals surface area contributed by atoms with E-state index in [1.54, 1.807) is 30.3 Å². The van der Waals surface area contributed by atoms with Crippen LogP contribution in [0.25, 0.3) is 10.6 Å². The van der Waals surface area contributed by atoms with E-state index < -0.39 is 45.3 Å². The molecule has 3 atom stereocenters. The number of halogens is 3. The first-order valence-electron chi connectivity index (χ1n) is 9.46. The Bertz CT molecular complexity index is 1270. The fourth-order valence-electron chi connectivity index (χ4n) is 3.90. The Morgan fingerprint density at radius 3 is 2.55 bits per heavy atom. The average Bonchev–Trinajstić information content (AvgIpc) is 3.17. The van der Waals surface area contributed by atoms with Crippen LogP contribution in [0.1, 0.15) is 17.2 Å². The molecule has 8 nitrogen and oxygen atoms in total. The highest BCUT2D eigenvalue weighted by atomic mass is 32.2. The molecule has 176 valence electrons. The third-order valence-electron chi connectivity index (χ3n) is 5.42. The molecule has 2 N–H and O–H groups in total. The first-order chi connectivity index (χ1) is 15.5. The molecule has 2 aromatic heterocycles. The third kappa shape index (κ3) is 4.16. The highest BCUT2D eigenvalue weighted by Gasteiger charge is 2.72. The van der Waals surface area contributed by atoms with Crippen LogP contribution in [-0.4, -0.2) is 43.9 Å². The predicted octanol–water partition coefficient (Wildman–Crippen LogP) is 3.58. The van der Waals surface area contributed by atoms with Crippen LogP contribution in [0.15, 0.2) is 57.3 Å². The van der Waals surface area contributed by atoms with Crippen LogP contribution < -0.4 is 4.72 Å². The van der Waals surface area contributed by atoms with E-state index in [1.165, 1.54) is 19.2 Å². The highest BCUT2D eigenvalue weighted by Crippen LogP contribution is 2.58. The van der Waals surface area contributed by atoms with E-state index in [4.69, 9.17) is 4.74 Å². The van der Waals surface area contributed by atoms with Gasteiger partial charge in [0.2, 0.25) is 5.76 Å². The van der Waals surface area contributed by atoms with E-state index in [0.717, 1.165) is 0 Å². The summed E-state index contributed by atoms with van der Waals surface area (Å²) in [5, 5.41) is 13.3. The minimum Gasteiger partial charge on any atom is -0.480 e. The molecule has 4 rings (SSSR count). The molecule has 0 saturated heterocycles. The van der Waals surface area contributed by atoms with Crippen LogP contribution in [0.4, 0.5) is 13.2 Å². The lowest BCUT2D eigenvalue weighted by atomic mass is 10.1. The molecule has 3 aromatic rings. The summed E-state index contributed by atoms with van der Waals surface area (Å²) in [6, 6.07) is 11.7. The number of nitrogens with zero attached hydrogens (tertiary/aromatic N) is 1. The van der Waals surface area contributed by atoms with Crippen molar-refractivity contribution in [1.29, 1.82) is 0 Å². The second-order valence-electron chi connectivity index (χ2n) is 7.42. The van der Waals surface area contributed by atoms with Crippen molar-refractivity contribution in [3.05, 3.63) is 59.9 Å². The van der Waals surface area contributed by atoms with Crippen LogP contribution >= 0.6 is 11.3 Å². The summed E-state index contributed by atoms with van der Waals surface area (Å²) in [4.78, 5) is 12.4. The molecular formula is C20H17F3N2O6S2. The number of ether oxygens (including phenoxy) is 1. The van der Waals surface area contributed by atoms with Crippen LogP contribution in [0, 0.1) is 5.92 Å². The maximum Gasteiger partial charge on any atom is 0.452 e. The first kappa shape index (κ1) is 23.4. The summed E-state index contributed by atoms with van der Waals surface area (Å²) in [7, 11) is -2.96. The molecule has 1 aliphatic carbocycles. The number of hydrogen-bond acceptors (Lipinski definition) is 7. The van der Waals surface area contributed by atoms with Crippen LogP contribution in [0.3, 0.4) is 0 Å². The van der Waals surface area contributed by atoms with Gasteiger partial charge in [0.25, 0.3) is 10.0 Å². The van der Waals surface area contributed by atoms with E-state index in [0.29, 0.717) is 23.0 Å². The van der Waals surface area contributed by atoms with Gasteiger partial charge in [-0.25, -0.2) is 8.42 Å². The number of methoxy groups -OCH3 is 1. The maximum atomic E-state index is 13.1. The number of hydrogen-bond donors (Lipinski definition) is 2. The van der Waals surface area contributed by atoms with E-state index >= 15 is 0 Å². The normalized spacial score (nSPS) is 22.9. The largest absolute Gasteiger partial charge is 0.480 e. The third-order valence-corrected chi connectivity index (χ3v) is 8.50. The van der Waals surface area contributed by atoms with Gasteiger partial charge in [-0.1, -0.05) is 35.5 Å². The summed E-state index contributed by atoms with van der Waals surface area (Å²) in [5.74, 6) is -4.01. The van der Waals surface area contributed by atoms with Gasteiger partial charge in [-0.2, -0.15) is 17.9 Å². The van der Waals surface area contributed by atoms with E-state index in [1.807, 2.05) is 0 Å². The molecule has 33 heavy (non-hydrogen) atoms. The van der Waals surface area contributed by atoms with Gasteiger partial charge in [0.1, 0.15) is 15.4 Å². The van der Waals surface area contributed by atoms with Gasteiger partial charge in [-0.3, -0.25) is 4.79 Å². The van der Waals surface area contributed by atoms with Crippen LogP contribution in [-0.2, 0) is 25.7 Å². The molecule has 0 spiro atoms. The van der Waals surface area contributed by atoms with Crippen molar-refractivity contribution >= 4 is 27.3 Å². The number of carbonyl (C=O) groups is 1. The smallest absolute Gasteiger partial charge is 0.452 e. The zero-order valence-corrected chi connectivity index (χ0v) is 18.5. The van der Waals surface area contributed by atoms with Crippen LogP contribution in [0.5, 0.6) is 0 Å². The SMILES string of the molecule is COC[C@@H]1[C@H](c2ccccc2)[C@]1(NS(=O)(=O)c1ccc(-c2cc(C(F)(F)F)on2)s1)C(=O)O. The van der Waals surface area contributed by atoms with E-state index in [9.17, 15) is 31.5 Å². The minimum atomic E-state index is -4.73. The zero-order valence-electron chi connectivity index (χ0n) is 16.9. The van der Waals surface area contributed by atoms with Crippen molar-refractivity contribution in [3.8, 4) is 10.6 Å². The lowest BCUT2D eigenvalue weighted by Crippen LogP contribution is -2.46. The van der Waals surface area contributed by atoms with Gasteiger partial charge in [-0.15, -0.1) is 11.3 Å². The molecule has 0 bridgehead atoms. The van der Waals surface area contributed by atoms with Gasteiger partial charge in [-0.05, 0) is 17.7 Å². The predicted molar refractivity (Wildman–Crippen MR) is 110 cm³/mol. The number of carboxylic acid groups (broad SMARTS) is 1.